The Balaban J connectivity index is 3.05. The largest absolute Gasteiger partial charge is 0.477 e. The third kappa shape index (κ3) is 3.30. The summed E-state index contributed by atoms with van der Waals surface area (Å²) in [6.45, 7) is 6.04. The lowest BCUT2D eigenvalue weighted by molar-refractivity contribution is 0.0688. The van der Waals surface area contributed by atoms with Crippen LogP contribution in [0.3, 0.4) is 0 Å². The van der Waals surface area contributed by atoms with Gasteiger partial charge in [-0.1, -0.05) is 13.8 Å². The van der Waals surface area contributed by atoms with Gasteiger partial charge >= 0.3 is 11.7 Å². The molecule has 1 atom stereocenters. The molecule has 0 radical (unpaired) electrons. The second-order valence-electron chi connectivity index (χ2n) is 4.48. The maximum atomic E-state index is 11.6. The Hall–Kier alpha value is -1.89. The van der Waals surface area contributed by atoms with Gasteiger partial charge in [0.2, 0.25) is 0 Å². The lowest BCUT2D eigenvalue weighted by atomic mass is 10.1. The van der Waals surface area contributed by atoms with E-state index in [2.05, 4.69) is 10.3 Å². The molecule has 1 heterocycles. The number of hydrogen-bond donors (Lipinski definition) is 4. The molecule has 0 aliphatic rings. The van der Waals surface area contributed by atoms with Crippen molar-refractivity contribution in [1.82, 2.24) is 15.3 Å². The van der Waals surface area contributed by atoms with E-state index in [0.29, 0.717) is 5.92 Å². The van der Waals surface area contributed by atoms with Gasteiger partial charge in [0, 0.05) is 12.6 Å². The summed E-state index contributed by atoms with van der Waals surface area (Å²) in [5, 5.41) is 12.0. The molecule has 0 saturated heterocycles. The van der Waals surface area contributed by atoms with Gasteiger partial charge in [-0.05, 0) is 12.8 Å². The van der Waals surface area contributed by atoms with Gasteiger partial charge < -0.3 is 15.4 Å². The zero-order valence-electron chi connectivity index (χ0n) is 10.5. The van der Waals surface area contributed by atoms with Crippen LogP contribution in [0.4, 0.5) is 0 Å². The predicted molar refractivity (Wildman–Crippen MR) is 65.8 cm³/mol. The van der Waals surface area contributed by atoms with Gasteiger partial charge in [-0.3, -0.25) is 9.78 Å². The maximum absolute atomic E-state index is 11.6. The fraction of sp³-hybridized carbons (Fsp3) is 0.545. The first-order chi connectivity index (χ1) is 8.32. The van der Waals surface area contributed by atoms with Gasteiger partial charge in [-0.2, -0.15) is 0 Å². The number of carbonyl (C=O) groups is 1. The molecular weight excluding hydrogens is 238 g/mol. The molecule has 0 aliphatic carbocycles. The zero-order chi connectivity index (χ0) is 13.9. The molecule has 0 amide bonds. The normalized spacial score (nSPS) is 12.7. The van der Waals surface area contributed by atoms with Crippen LogP contribution >= 0.6 is 0 Å². The van der Waals surface area contributed by atoms with Crippen LogP contribution in [0.2, 0.25) is 0 Å². The maximum Gasteiger partial charge on any atom is 0.352 e. The number of carboxylic acid groups (broad SMARTS) is 1. The number of rotatable bonds is 5. The molecule has 0 aromatic carbocycles. The molecule has 1 aromatic rings. The third-order valence-electron chi connectivity index (χ3n) is 2.86. The molecule has 100 valence electrons. The summed E-state index contributed by atoms with van der Waals surface area (Å²) in [6.07, 6.45) is 0. The molecule has 1 aromatic heterocycles. The van der Waals surface area contributed by atoms with Crippen molar-refractivity contribution >= 4 is 5.97 Å². The van der Waals surface area contributed by atoms with Gasteiger partial charge in [0.15, 0.2) is 0 Å². The van der Waals surface area contributed by atoms with Crippen LogP contribution in [0.5, 0.6) is 0 Å². The number of aromatic carboxylic acids is 1. The quantitative estimate of drug-likeness (QED) is 0.586. The number of hydrogen-bond acceptors (Lipinski definition) is 4. The molecular formula is C11H17N3O4. The highest BCUT2D eigenvalue weighted by atomic mass is 16.4. The van der Waals surface area contributed by atoms with Gasteiger partial charge in [0.25, 0.3) is 5.56 Å². The Morgan fingerprint density at radius 3 is 2.39 bits per heavy atom. The van der Waals surface area contributed by atoms with Crippen molar-refractivity contribution in [2.24, 2.45) is 5.92 Å². The molecule has 7 nitrogen and oxygen atoms in total. The molecule has 0 spiro atoms. The van der Waals surface area contributed by atoms with E-state index in [-0.39, 0.29) is 23.8 Å². The summed E-state index contributed by atoms with van der Waals surface area (Å²) in [5.74, 6) is -0.979. The smallest absolute Gasteiger partial charge is 0.352 e. The van der Waals surface area contributed by atoms with Gasteiger partial charge in [0.1, 0.15) is 5.69 Å². The molecule has 7 heteroatoms. The number of aromatic nitrogens is 2. The zero-order valence-corrected chi connectivity index (χ0v) is 10.5. The molecule has 0 aliphatic heterocycles. The Bertz CT molecular complexity index is 544. The lowest BCUT2D eigenvalue weighted by Gasteiger charge is -2.17. The summed E-state index contributed by atoms with van der Waals surface area (Å²) < 4.78 is 0. The van der Waals surface area contributed by atoms with Crippen molar-refractivity contribution in [3.05, 3.63) is 32.1 Å². The molecule has 0 bridgehead atoms. The average molecular weight is 255 g/mol. The SMILES string of the molecule is CC(C)C(C)NCc1c(C(=O)O)[nH]c(=O)[nH]c1=O. The van der Waals surface area contributed by atoms with Crippen LogP contribution < -0.4 is 16.6 Å². The first-order valence-corrected chi connectivity index (χ1v) is 5.65. The van der Waals surface area contributed by atoms with Crippen molar-refractivity contribution in [2.45, 2.75) is 33.4 Å². The second kappa shape index (κ2) is 5.63. The summed E-state index contributed by atoms with van der Waals surface area (Å²) in [7, 11) is 0. The van der Waals surface area contributed by atoms with Crippen molar-refractivity contribution in [3.8, 4) is 0 Å². The predicted octanol–water partition coefficient (Wildman–Crippen LogP) is -0.104. The number of aromatic amines is 2. The highest BCUT2D eigenvalue weighted by molar-refractivity contribution is 5.86. The van der Waals surface area contributed by atoms with E-state index in [1.54, 1.807) is 0 Å². The van der Waals surface area contributed by atoms with E-state index in [0.717, 1.165) is 0 Å². The van der Waals surface area contributed by atoms with Crippen LogP contribution in [-0.2, 0) is 6.54 Å². The van der Waals surface area contributed by atoms with E-state index < -0.39 is 17.2 Å². The van der Waals surface area contributed by atoms with Gasteiger partial charge in [-0.25, -0.2) is 9.59 Å². The van der Waals surface area contributed by atoms with Crippen molar-refractivity contribution in [2.75, 3.05) is 0 Å². The monoisotopic (exact) mass is 255 g/mol. The number of H-pyrrole nitrogens is 2. The first-order valence-electron chi connectivity index (χ1n) is 5.65. The van der Waals surface area contributed by atoms with E-state index in [1.807, 2.05) is 25.8 Å². The van der Waals surface area contributed by atoms with E-state index in [4.69, 9.17) is 5.11 Å². The van der Waals surface area contributed by atoms with Crippen molar-refractivity contribution < 1.29 is 9.90 Å². The van der Waals surface area contributed by atoms with Crippen LogP contribution in [0.1, 0.15) is 36.8 Å². The van der Waals surface area contributed by atoms with Crippen LogP contribution in [-0.4, -0.2) is 27.1 Å². The topological polar surface area (TPSA) is 115 Å². The molecule has 0 saturated carbocycles. The summed E-state index contributed by atoms with van der Waals surface area (Å²) in [4.78, 5) is 37.7. The molecule has 4 N–H and O–H groups in total. The third-order valence-corrected chi connectivity index (χ3v) is 2.86. The lowest BCUT2D eigenvalue weighted by Crippen LogP contribution is -2.36. The molecule has 18 heavy (non-hydrogen) atoms. The van der Waals surface area contributed by atoms with Crippen molar-refractivity contribution in [3.63, 3.8) is 0 Å². The molecule has 1 rings (SSSR count). The minimum absolute atomic E-state index is 0.0228. The van der Waals surface area contributed by atoms with Crippen LogP contribution in [0.25, 0.3) is 0 Å². The number of nitrogens with one attached hydrogen (secondary N) is 3. The van der Waals surface area contributed by atoms with Crippen molar-refractivity contribution in [1.29, 1.82) is 0 Å². The van der Waals surface area contributed by atoms with Crippen LogP contribution in [0, 0.1) is 5.92 Å². The Morgan fingerprint density at radius 1 is 1.28 bits per heavy atom. The average Bonchev–Trinajstić information content (AvgIpc) is 2.26. The highest BCUT2D eigenvalue weighted by Gasteiger charge is 2.16. The molecule has 0 fully saturated rings. The standard InChI is InChI=1S/C11H17N3O4/c1-5(2)6(3)12-4-7-8(10(16)17)13-11(18)14-9(7)15/h5-6,12H,4H2,1-3H3,(H,16,17)(H2,13,14,15,18). The Morgan fingerprint density at radius 2 is 1.89 bits per heavy atom. The Kier molecular flexibility index (Phi) is 4.43. The summed E-state index contributed by atoms with van der Waals surface area (Å²) in [6, 6.07) is 0.123. The van der Waals surface area contributed by atoms with Gasteiger partial charge in [0.05, 0.1) is 5.56 Å². The highest BCUT2D eigenvalue weighted by Crippen LogP contribution is 2.03. The van der Waals surface area contributed by atoms with Gasteiger partial charge in [-0.15, -0.1) is 0 Å². The summed E-state index contributed by atoms with van der Waals surface area (Å²) in [5.41, 5.74) is -1.85. The Labute approximate surface area is 103 Å². The van der Waals surface area contributed by atoms with E-state index in [1.165, 1.54) is 0 Å². The fourth-order valence-corrected chi connectivity index (χ4v) is 1.36. The molecule has 1 unspecified atom stereocenters. The number of carboxylic acids is 1. The van der Waals surface area contributed by atoms with Crippen LogP contribution in [0.15, 0.2) is 9.59 Å². The van der Waals surface area contributed by atoms with E-state index in [9.17, 15) is 14.4 Å². The van der Waals surface area contributed by atoms with E-state index >= 15 is 0 Å². The second-order valence-corrected chi connectivity index (χ2v) is 4.48. The minimum atomic E-state index is -1.33. The minimum Gasteiger partial charge on any atom is -0.477 e. The first kappa shape index (κ1) is 14.2. The summed E-state index contributed by atoms with van der Waals surface area (Å²) >= 11 is 0. The fourth-order valence-electron chi connectivity index (χ4n) is 1.36.